The summed E-state index contributed by atoms with van der Waals surface area (Å²) >= 11 is 0. The quantitative estimate of drug-likeness (QED) is 0.247. The Hall–Kier alpha value is -3.36. The molecule has 1 fully saturated rings. The van der Waals surface area contributed by atoms with Crippen LogP contribution in [-0.2, 0) is 45.4 Å². The summed E-state index contributed by atoms with van der Waals surface area (Å²) in [6.45, 7) is 0.886. The molecule has 4 aromatic carbocycles. The lowest BCUT2D eigenvalue weighted by Crippen LogP contribution is -2.53. The summed E-state index contributed by atoms with van der Waals surface area (Å²) in [7, 11) is 0. The van der Waals surface area contributed by atoms with Crippen molar-refractivity contribution in [1.29, 1.82) is 0 Å². The third kappa shape index (κ3) is 7.04. The molecule has 0 heterocycles. The molecule has 5 atom stereocenters. The zero-order chi connectivity index (χ0) is 27.6. The van der Waals surface area contributed by atoms with Gasteiger partial charge < -0.3 is 29.2 Å². The van der Waals surface area contributed by atoms with E-state index in [0.29, 0.717) is 0 Å². The van der Waals surface area contributed by atoms with Gasteiger partial charge in [-0.1, -0.05) is 121 Å². The Morgan fingerprint density at radius 2 is 0.875 bits per heavy atom. The first kappa shape index (κ1) is 28.2. The molecule has 0 unspecified atom stereocenters. The molecule has 0 amide bonds. The third-order valence-corrected chi connectivity index (χ3v) is 7.23. The molecule has 0 saturated heterocycles. The average Bonchev–Trinajstić information content (AvgIpc) is 3.20. The maximum absolute atomic E-state index is 12.1. The summed E-state index contributed by atoms with van der Waals surface area (Å²) in [5, 5.41) is 23.7. The number of ether oxygens (including phenoxy) is 4. The van der Waals surface area contributed by atoms with Crippen molar-refractivity contribution in [2.45, 2.75) is 56.4 Å². The van der Waals surface area contributed by atoms with Gasteiger partial charge in [-0.05, 0) is 22.3 Å². The van der Waals surface area contributed by atoms with E-state index in [1.807, 2.05) is 121 Å². The molecule has 6 heteroatoms. The Bertz CT molecular complexity index is 1270. The molecule has 0 aliphatic heterocycles. The topological polar surface area (TPSA) is 77.4 Å². The van der Waals surface area contributed by atoms with Crippen LogP contribution in [0.2, 0.25) is 0 Å². The number of aliphatic hydroxyl groups excluding tert-OH is 1. The highest BCUT2D eigenvalue weighted by atomic mass is 16.6. The lowest BCUT2D eigenvalue weighted by Gasteiger charge is -2.33. The number of benzene rings is 4. The van der Waals surface area contributed by atoms with Crippen molar-refractivity contribution in [2.75, 3.05) is 6.61 Å². The first-order chi connectivity index (χ1) is 19.6. The fourth-order valence-electron chi connectivity index (χ4n) is 5.06. The predicted molar refractivity (Wildman–Crippen MR) is 152 cm³/mol. The number of aliphatic hydroxyl groups is 2. The minimum Gasteiger partial charge on any atom is -0.387 e. The van der Waals surface area contributed by atoms with Crippen molar-refractivity contribution in [2.24, 2.45) is 0 Å². The minimum atomic E-state index is -1.77. The van der Waals surface area contributed by atoms with Crippen LogP contribution in [0.15, 0.2) is 121 Å². The number of hydrogen-bond acceptors (Lipinski definition) is 6. The van der Waals surface area contributed by atoms with E-state index in [2.05, 4.69) is 0 Å². The first-order valence-corrected chi connectivity index (χ1v) is 13.6. The highest BCUT2D eigenvalue weighted by Gasteiger charge is 2.62. The van der Waals surface area contributed by atoms with Gasteiger partial charge in [-0.2, -0.15) is 0 Å². The molecule has 0 bridgehead atoms. The molecule has 1 aliphatic carbocycles. The SMILES string of the molecule is O[C@H]1[C@H](OCc2ccccc2)[C@@H](OCc2ccccc2)[C@H](OCc2ccccc2)[C@@]1(O)COCc1ccccc1. The van der Waals surface area contributed by atoms with Crippen LogP contribution in [0.1, 0.15) is 22.3 Å². The molecule has 5 rings (SSSR count). The van der Waals surface area contributed by atoms with E-state index in [1.165, 1.54) is 0 Å². The molecular weight excluding hydrogens is 504 g/mol. The highest BCUT2D eigenvalue weighted by Crippen LogP contribution is 2.39. The predicted octanol–water partition coefficient (Wildman–Crippen LogP) is 5.07. The summed E-state index contributed by atoms with van der Waals surface area (Å²) in [5.41, 5.74) is 2.06. The number of rotatable bonds is 13. The maximum atomic E-state index is 12.1. The van der Waals surface area contributed by atoms with E-state index in [1.54, 1.807) is 0 Å². The van der Waals surface area contributed by atoms with Gasteiger partial charge in [0.15, 0.2) is 0 Å². The minimum absolute atomic E-state index is 0.154. The standard InChI is InChI=1S/C34H36O6/c35-32-30(38-22-27-15-7-2-8-16-27)31(39-23-28-17-9-3-10-18-28)33(40-24-29-19-11-4-12-20-29)34(32,36)25-37-21-26-13-5-1-6-14-26/h1-20,30-33,35-36H,21-25H2/t30-,31-,32+,33+,34-/m1/s1. The van der Waals surface area contributed by atoms with Crippen LogP contribution >= 0.6 is 0 Å². The zero-order valence-corrected chi connectivity index (χ0v) is 22.4. The van der Waals surface area contributed by atoms with E-state index in [4.69, 9.17) is 18.9 Å². The summed E-state index contributed by atoms with van der Waals surface area (Å²) in [6, 6.07) is 39.0. The summed E-state index contributed by atoms with van der Waals surface area (Å²) < 4.78 is 25.0. The van der Waals surface area contributed by atoms with Crippen LogP contribution in [0, 0.1) is 0 Å². The Kier molecular flexibility index (Phi) is 9.73. The van der Waals surface area contributed by atoms with Crippen LogP contribution in [0.3, 0.4) is 0 Å². The van der Waals surface area contributed by atoms with Crippen LogP contribution in [-0.4, -0.2) is 46.8 Å². The largest absolute Gasteiger partial charge is 0.387 e. The Labute approximate surface area is 235 Å². The Morgan fingerprint density at radius 3 is 1.32 bits per heavy atom. The van der Waals surface area contributed by atoms with Crippen molar-refractivity contribution in [3.05, 3.63) is 144 Å². The molecule has 2 N–H and O–H groups in total. The highest BCUT2D eigenvalue weighted by molar-refractivity contribution is 5.19. The zero-order valence-electron chi connectivity index (χ0n) is 22.4. The van der Waals surface area contributed by atoms with Gasteiger partial charge in [0.05, 0.1) is 33.0 Å². The second-order valence-electron chi connectivity index (χ2n) is 10.2. The summed E-state index contributed by atoms with van der Waals surface area (Å²) in [6.07, 6.45) is -3.83. The van der Waals surface area contributed by atoms with Gasteiger partial charge in [0.2, 0.25) is 0 Å². The lowest BCUT2D eigenvalue weighted by molar-refractivity contribution is -0.189. The molecule has 1 saturated carbocycles. The van der Waals surface area contributed by atoms with Crippen molar-refractivity contribution >= 4 is 0 Å². The van der Waals surface area contributed by atoms with Crippen molar-refractivity contribution in [1.82, 2.24) is 0 Å². The fraction of sp³-hybridized carbons (Fsp3) is 0.294. The van der Waals surface area contributed by atoms with E-state index < -0.39 is 30.0 Å². The average molecular weight is 541 g/mol. The van der Waals surface area contributed by atoms with Gasteiger partial charge >= 0.3 is 0 Å². The fourth-order valence-corrected chi connectivity index (χ4v) is 5.06. The molecule has 0 radical (unpaired) electrons. The second-order valence-corrected chi connectivity index (χ2v) is 10.2. The van der Waals surface area contributed by atoms with Gasteiger partial charge in [0, 0.05) is 0 Å². The van der Waals surface area contributed by atoms with Crippen molar-refractivity contribution in [3.63, 3.8) is 0 Å². The number of hydrogen-bond donors (Lipinski definition) is 2. The molecule has 1 aliphatic rings. The van der Waals surface area contributed by atoms with Gasteiger partial charge in [0.1, 0.15) is 30.0 Å². The molecular formula is C34H36O6. The molecule has 208 valence electrons. The smallest absolute Gasteiger partial charge is 0.145 e. The third-order valence-electron chi connectivity index (χ3n) is 7.23. The molecule has 0 aromatic heterocycles. The van der Waals surface area contributed by atoms with Gasteiger partial charge in [-0.25, -0.2) is 0 Å². The van der Waals surface area contributed by atoms with Crippen molar-refractivity contribution in [3.8, 4) is 0 Å². The van der Waals surface area contributed by atoms with E-state index in [9.17, 15) is 10.2 Å². The van der Waals surface area contributed by atoms with Gasteiger partial charge in [-0.3, -0.25) is 0 Å². The van der Waals surface area contributed by atoms with E-state index in [-0.39, 0.29) is 33.0 Å². The van der Waals surface area contributed by atoms with Crippen LogP contribution in [0.5, 0.6) is 0 Å². The lowest BCUT2D eigenvalue weighted by atomic mass is 9.98. The van der Waals surface area contributed by atoms with Gasteiger partial charge in [-0.15, -0.1) is 0 Å². The molecule has 40 heavy (non-hydrogen) atoms. The van der Waals surface area contributed by atoms with Gasteiger partial charge in [0.25, 0.3) is 0 Å². The Morgan fingerprint density at radius 1 is 0.500 bits per heavy atom. The van der Waals surface area contributed by atoms with E-state index >= 15 is 0 Å². The molecule has 4 aromatic rings. The summed E-state index contributed by atoms with van der Waals surface area (Å²) in [4.78, 5) is 0. The second kappa shape index (κ2) is 13.8. The van der Waals surface area contributed by atoms with Crippen LogP contribution < -0.4 is 0 Å². The Balaban J connectivity index is 1.40. The molecule has 6 nitrogen and oxygen atoms in total. The van der Waals surface area contributed by atoms with Crippen molar-refractivity contribution < 1.29 is 29.2 Å². The summed E-state index contributed by atoms with van der Waals surface area (Å²) in [5.74, 6) is 0. The maximum Gasteiger partial charge on any atom is 0.145 e. The normalized spacial score (nSPS) is 24.2. The van der Waals surface area contributed by atoms with E-state index in [0.717, 1.165) is 22.3 Å². The monoisotopic (exact) mass is 540 g/mol. The molecule has 0 spiro atoms. The first-order valence-electron chi connectivity index (χ1n) is 13.6. The van der Waals surface area contributed by atoms with Crippen LogP contribution in [0.4, 0.5) is 0 Å². The van der Waals surface area contributed by atoms with Crippen LogP contribution in [0.25, 0.3) is 0 Å².